The molecule has 1 aromatic heterocycles. The van der Waals surface area contributed by atoms with Crippen LogP contribution in [0, 0.1) is 0 Å². The molecule has 0 bridgehead atoms. The van der Waals surface area contributed by atoms with E-state index in [4.69, 9.17) is 16.7 Å². The first kappa shape index (κ1) is 13.4. The number of aromatic nitrogens is 1. The molecule has 0 aliphatic carbocycles. The van der Waals surface area contributed by atoms with E-state index in [1.807, 2.05) is 12.1 Å². The van der Waals surface area contributed by atoms with Crippen LogP contribution in [0.1, 0.15) is 6.92 Å². The highest BCUT2D eigenvalue weighted by molar-refractivity contribution is 6.35. The summed E-state index contributed by atoms with van der Waals surface area (Å²) in [5.74, 6) is -1.42. The van der Waals surface area contributed by atoms with Crippen LogP contribution in [0.5, 0.6) is 0 Å². The lowest BCUT2D eigenvalue weighted by atomic mass is 10.2. The molecule has 0 radical (unpaired) electrons. The molecule has 2 rings (SSSR count). The Balaban J connectivity index is 2.16. The number of aliphatic carboxylic acids is 1. The van der Waals surface area contributed by atoms with E-state index < -0.39 is 12.0 Å². The third-order valence-electron chi connectivity index (χ3n) is 2.82. The van der Waals surface area contributed by atoms with Crippen molar-refractivity contribution >= 4 is 34.4 Å². The monoisotopic (exact) mass is 280 g/mol. The molecule has 1 atom stereocenters. The zero-order chi connectivity index (χ0) is 14.0. The maximum absolute atomic E-state index is 11.7. The van der Waals surface area contributed by atoms with E-state index in [9.17, 15) is 9.59 Å². The van der Waals surface area contributed by atoms with Crippen molar-refractivity contribution in [1.29, 1.82) is 0 Å². The highest BCUT2D eigenvalue weighted by Crippen LogP contribution is 2.23. The van der Waals surface area contributed by atoms with Crippen molar-refractivity contribution in [2.45, 2.75) is 19.5 Å². The normalized spacial score (nSPS) is 12.3. The number of benzene rings is 1. The molecule has 0 saturated carbocycles. The fraction of sp³-hybridized carbons (Fsp3) is 0.231. The molecule has 2 aromatic rings. The number of nitrogens with zero attached hydrogens (tertiary/aromatic N) is 1. The lowest BCUT2D eigenvalue weighted by Crippen LogP contribution is -2.39. The molecule has 0 aliphatic rings. The number of carboxylic acids is 1. The van der Waals surface area contributed by atoms with Crippen LogP contribution in [0.3, 0.4) is 0 Å². The number of hydrogen-bond acceptors (Lipinski definition) is 2. The van der Waals surface area contributed by atoms with E-state index in [0.29, 0.717) is 5.02 Å². The zero-order valence-electron chi connectivity index (χ0n) is 10.3. The molecule has 100 valence electrons. The highest BCUT2D eigenvalue weighted by atomic mass is 35.5. The van der Waals surface area contributed by atoms with E-state index in [-0.39, 0.29) is 12.5 Å². The molecule has 0 spiro atoms. The summed E-state index contributed by atoms with van der Waals surface area (Å²) in [5, 5.41) is 12.6. The maximum Gasteiger partial charge on any atom is 0.325 e. The zero-order valence-corrected chi connectivity index (χ0v) is 11.0. The topological polar surface area (TPSA) is 71.3 Å². The van der Waals surface area contributed by atoms with Gasteiger partial charge in [0.2, 0.25) is 5.91 Å². The number of nitrogens with one attached hydrogen (secondary N) is 1. The third-order valence-corrected chi connectivity index (χ3v) is 3.15. The summed E-state index contributed by atoms with van der Waals surface area (Å²) in [4.78, 5) is 22.4. The van der Waals surface area contributed by atoms with E-state index >= 15 is 0 Å². The first-order valence-corrected chi connectivity index (χ1v) is 6.12. The number of carbonyl (C=O) groups is 2. The minimum atomic E-state index is -1.06. The highest BCUT2D eigenvalue weighted by Gasteiger charge is 2.14. The van der Waals surface area contributed by atoms with Crippen molar-refractivity contribution in [3.05, 3.63) is 35.5 Å². The Kier molecular flexibility index (Phi) is 3.76. The number of hydrogen-bond donors (Lipinski definition) is 2. The number of rotatable bonds is 4. The molecule has 1 unspecified atom stereocenters. The van der Waals surface area contributed by atoms with Crippen molar-refractivity contribution in [1.82, 2.24) is 9.88 Å². The van der Waals surface area contributed by atoms with Gasteiger partial charge in [0, 0.05) is 22.1 Å². The van der Waals surface area contributed by atoms with Gasteiger partial charge in [-0.25, -0.2) is 0 Å². The van der Waals surface area contributed by atoms with Crippen molar-refractivity contribution in [2.24, 2.45) is 0 Å². The molecule has 6 heteroatoms. The van der Waals surface area contributed by atoms with E-state index in [2.05, 4.69) is 5.32 Å². The van der Waals surface area contributed by atoms with Gasteiger partial charge in [-0.15, -0.1) is 0 Å². The summed E-state index contributed by atoms with van der Waals surface area (Å²) in [6.45, 7) is 1.48. The molecule has 5 nitrogen and oxygen atoms in total. The second-order valence-corrected chi connectivity index (χ2v) is 4.65. The van der Waals surface area contributed by atoms with Crippen LogP contribution in [0.25, 0.3) is 10.9 Å². The number of halogens is 1. The second kappa shape index (κ2) is 5.32. The molecule has 2 N–H and O–H groups in total. The van der Waals surface area contributed by atoms with Crippen LogP contribution in [-0.2, 0) is 16.1 Å². The molecular weight excluding hydrogens is 268 g/mol. The molecule has 1 heterocycles. The van der Waals surface area contributed by atoms with Crippen LogP contribution < -0.4 is 5.32 Å². The van der Waals surface area contributed by atoms with Crippen LogP contribution in [0.2, 0.25) is 5.02 Å². The van der Waals surface area contributed by atoms with Gasteiger partial charge in [-0.1, -0.05) is 17.7 Å². The van der Waals surface area contributed by atoms with Crippen molar-refractivity contribution < 1.29 is 14.7 Å². The average Bonchev–Trinajstić information content (AvgIpc) is 2.73. The maximum atomic E-state index is 11.7. The van der Waals surface area contributed by atoms with Crippen LogP contribution in [0.15, 0.2) is 30.5 Å². The van der Waals surface area contributed by atoms with Crippen LogP contribution in [-0.4, -0.2) is 27.6 Å². The Morgan fingerprint density at radius 1 is 1.42 bits per heavy atom. The van der Waals surface area contributed by atoms with Crippen molar-refractivity contribution in [2.75, 3.05) is 0 Å². The summed E-state index contributed by atoms with van der Waals surface area (Å²) in [5.41, 5.74) is 0.839. The summed E-state index contributed by atoms with van der Waals surface area (Å²) >= 11 is 6.04. The quantitative estimate of drug-likeness (QED) is 0.898. The molecule has 1 amide bonds. The minimum Gasteiger partial charge on any atom is -0.480 e. The fourth-order valence-corrected chi connectivity index (χ4v) is 2.06. The molecule has 0 saturated heterocycles. The van der Waals surface area contributed by atoms with Crippen LogP contribution >= 0.6 is 11.6 Å². The molecule has 0 aliphatic heterocycles. The summed E-state index contributed by atoms with van der Waals surface area (Å²) in [6.07, 6.45) is 1.75. The number of carboxylic acid groups (broad SMARTS) is 1. The minimum absolute atomic E-state index is 0.0570. The second-order valence-electron chi connectivity index (χ2n) is 4.24. The van der Waals surface area contributed by atoms with E-state index in [0.717, 1.165) is 10.9 Å². The van der Waals surface area contributed by atoms with Gasteiger partial charge >= 0.3 is 5.97 Å². The number of fused-ring (bicyclic) bond motifs is 1. The first-order valence-electron chi connectivity index (χ1n) is 5.74. The largest absolute Gasteiger partial charge is 0.480 e. The number of carbonyl (C=O) groups excluding carboxylic acids is 1. The average molecular weight is 281 g/mol. The summed E-state index contributed by atoms with van der Waals surface area (Å²) in [6, 6.07) is 6.36. The Morgan fingerprint density at radius 3 is 2.84 bits per heavy atom. The van der Waals surface area contributed by atoms with Gasteiger partial charge in [0.1, 0.15) is 12.6 Å². The van der Waals surface area contributed by atoms with Crippen LogP contribution in [0.4, 0.5) is 0 Å². The third kappa shape index (κ3) is 2.88. The Bertz CT molecular complexity index is 636. The van der Waals surface area contributed by atoms with Crippen molar-refractivity contribution in [3.63, 3.8) is 0 Å². The van der Waals surface area contributed by atoms with Gasteiger partial charge in [-0.05, 0) is 25.1 Å². The molecular formula is C13H13ClN2O3. The smallest absolute Gasteiger partial charge is 0.325 e. The van der Waals surface area contributed by atoms with Gasteiger partial charge in [0.05, 0.1) is 0 Å². The Labute approximate surface area is 114 Å². The van der Waals surface area contributed by atoms with Gasteiger partial charge < -0.3 is 15.0 Å². The van der Waals surface area contributed by atoms with Gasteiger partial charge in [-0.3, -0.25) is 9.59 Å². The van der Waals surface area contributed by atoms with Crippen molar-refractivity contribution in [3.8, 4) is 0 Å². The molecule has 0 fully saturated rings. The Hall–Kier alpha value is -2.01. The first-order chi connectivity index (χ1) is 8.99. The summed E-state index contributed by atoms with van der Waals surface area (Å²) < 4.78 is 1.73. The Morgan fingerprint density at radius 2 is 2.16 bits per heavy atom. The lowest BCUT2D eigenvalue weighted by molar-refractivity contribution is -0.141. The molecule has 1 aromatic carbocycles. The summed E-state index contributed by atoms with van der Waals surface area (Å²) in [7, 11) is 0. The predicted octanol–water partition coefficient (Wildman–Crippen LogP) is 1.88. The van der Waals surface area contributed by atoms with Gasteiger partial charge in [-0.2, -0.15) is 0 Å². The van der Waals surface area contributed by atoms with Gasteiger partial charge in [0.15, 0.2) is 0 Å². The van der Waals surface area contributed by atoms with Gasteiger partial charge in [0.25, 0.3) is 0 Å². The van der Waals surface area contributed by atoms with E-state index in [1.54, 1.807) is 22.9 Å². The standard InChI is InChI=1S/C13H13ClN2O3/c1-8(13(18)19)15-12(17)7-16-6-5-9-10(14)3-2-4-11(9)16/h2-6,8H,7H2,1H3,(H,15,17)(H,18,19). The predicted molar refractivity (Wildman–Crippen MR) is 72.2 cm³/mol. The number of amides is 1. The fourth-order valence-electron chi connectivity index (χ4n) is 1.83. The van der Waals surface area contributed by atoms with E-state index in [1.165, 1.54) is 6.92 Å². The lowest BCUT2D eigenvalue weighted by Gasteiger charge is -2.10. The SMILES string of the molecule is CC(NC(=O)Cn1ccc2c(Cl)cccc21)C(=O)O. The molecule has 19 heavy (non-hydrogen) atoms.